The first kappa shape index (κ1) is 21.3. The van der Waals surface area contributed by atoms with E-state index in [-0.39, 0.29) is 5.91 Å². The van der Waals surface area contributed by atoms with Crippen LogP contribution in [0.3, 0.4) is 0 Å². The Bertz CT molecular complexity index is 1000. The Hall–Kier alpha value is -2.42. The highest BCUT2D eigenvalue weighted by Gasteiger charge is 2.18. The van der Waals surface area contributed by atoms with Crippen molar-refractivity contribution in [3.8, 4) is 0 Å². The van der Waals surface area contributed by atoms with Gasteiger partial charge in [-0.1, -0.05) is 42.1 Å². The number of rotatable bonds is 9. The molecule has 3 aromatic rings. The Kier molecular flexibility index (Phi) is 7.24. The first-order valence-corrected chi connectivity index (χ1v) is 11.4. The lowest BCUT2D eigenvalue weighted by Gasteiger charge is -2.11. The normalized spacial score (nSPS) is 12.1. The molecule has 2 aromatic carbocycles. The molecule has 152 valence electrons. The number of fused-ring (bicyclic) bond motifs is 1. The summed E-state index contributed by atoms with van der Waals surface area (Å²) < 4.78 is 0. The van der Waals surface area contributed by atoms with E-state index in [4.69, 9.17) is 11.5 Å². The molecule has 3 rings (SSSR count). The summed E-state index contributed by atoms with van der Waals surface area (Å²) in [6, 6.07) is 15.1. The number of aromatic nitrogens is 1. The number of thioether (sulfide) groups is 1. The third-order valence-electron chi connectivity index (χ3n) is 4.46. The molecule has 0 bridgehead atoms. The molecule has 0 saturated carbocycles. The van der Waals surface area contributed by atoms with Gasteiger partial charge in [0.25, 0.3) is 5.91 Å². The topological polar surface area (TPSA) is 114 Å². The third kappa shape index (κ3) is 5.35. The van der Waals surface area contributed by atoms with Crippen LogP contribution in [0.15, 0.2) is 58.3 Å². The fraction of sp³-hybridized carbons (Fsp3) is 0.238. The van der Waals surface area contributed by atoms with Gasteiger partial charge in [0, 0.05) is 22.3 Å². The predicted molar refractivity (Wildman–Crippen MR) is 120 cm³/mol. The summed E-state index contributed by atoms with van der Waals surface area (Å²) in [7, 11) is 0. The summed E-state index contributed by atoms with van der Waals surface area (Å²) in [4.78, 5) is 29.0. The van der Waals surface area contributed by atoms with Crippen LogP contribution in [0.4, 0.5) is 0 Å². The molecule has 0 saturated heterocycles. The number of amides is 2. The number of aromatic amines is 1. The summed E-state index contributed by atoms with van der Waals surface area (Å²) in [5.41, 5.74) is 13.6. The van der Waals surface area contributed by atoms with Crippen molar-refractivity contribution < 1.29 is 9.59 Å². The minimum atomic E-state index is -0.507. The number of carbonyl (C=O) groups is 2. The van der Waals surface area contributed by atoms with Crippen molar-refractivity contribution in [2.75, 3.05) is 12.0 Å². The molecule has 0 aliphatic carbocycles. The summed E-state index contributed by atoms with van der Waals surface area (Å²) in [5.74, 6) is 0.179. The average Bonchev–Trinajstić information content (AvgIpc) is 3.09. The molecule has 0 aliphatic heterocycles. The second kappa shape index (κ2) is 9.87. The molecular formula is C21H24N4O2S2. The van der Waals surface area contributed by atoms with Crippen molar-refractivity contribution in [2.24, 2.45) is 11.5 Å². The number of nitrogens with two attached hydrogens (primary N) is 2. The molecule has 29 heavy (non-hydrogen) atoms. The maximum absolute atomic E-state index is 12.1. The highest BCUT2D eigenvalue weighted by molar-refractivity contribution is 7.99. The average molecular weight is 429 g/mol. The first-order valence-electron chi connectivity index (χ1n) is 9.19. The second-order valence-electron chi connectivity index (χ2n) is 6.59. The van der Waals surface area contributed by atoms with Gasteiger partial charge in [0.2, 0.25) is 5.91 Å². The van der Waals surface area contributed by atoms with E-state index < -0.39 is 11.9 Å². The first-order chi connectivity index (χ1) is 14.0. The molecule has 0 aliphatic rings. The molecule has 1 unspecified atom stereocenters. The van der Waals surface area contributed by atoms with Gasteiger partial charge in [0.1, 0.15) is 5.69 Å². The fourth-order valence-electron chi connectivity index (χ4n) is 2.91. The van der Waals surface area contributed by atoms with Crippen molar-refractivity contribution in [3.63, 3.8) is 0 Å². The van der Waals surface area contributed by atoms with Crippen molar-refractivity contribution >= 4 is 46.2 Å². The lowest BCUT2D eigenvalue weighted by molar-refractivity contribution is -0.122. The number of hydrogen-bond donors (Lipinski definition) is 4. The van der Waals surface area contributed by atoms with Crippen LogP contribution in [0.2, 0.25) is 0 Å². The molecule has 1 heterocycles. The Morgan fingerprint density at radius 2 is 1.93 bits per heavy atom. The zero-order valence-electron chi connectivity index (χ0n) is 16.1. The second-order valence-corrected chi connectivity index (χ2v) is 8.66. The number of H-pyrrole nitrogens is 1. The van der Waals surface area contributed by atoms with Crippen LogP contribution in [-0.4, -0.2) is 34.8 Å². The largest absolute Gasteiger partial charge is 0.364 e. The van der Waals surface area contributed by atoms with Crippen LogP contribution in [0.5, 0.6) is 0 Å². The highest BCUT2D eigenvalue weighted by atomic mass is 32.2. The number of carbonyl (C=O) groups excluding carboxylic acids is 2. The summed E-state index contributed by atoms with van der Waals surface area (Å²) in [6.45, 7) is 0.369. The Balaban J connectivity index is 1.79. The molecule has 1 aromatic heterocycles. The summed E-state index contributed by atoms with van der Waals surface area (Å²) in [5, 5.41) is 3.79. The van der Waals surface area contributed by atoms with E-state index >= 15 is 0 Å². The van der Waals surface area contributed by atoms with Gasteiger partial charge < -0.3 is 21.8 Å². The Labute approximate surface area is 178 Å². The number of benzene rings is 2. The molecule has 1 atom stereocenters. The molecule has 2 amide bonds. The maximum Gasteiger partial charge on any atom is 0.266 e. The Morgan fingerprint density at radius 1 is 1.17 bits per heavy atom. The van der Waals surface area contributed by atoms with Crippen molar-refractivity contribution in [3.05, 3.63) is 59.8 Å². The molecule has 0 fully saturated rings. The predicted octanol–water partition coefficient (Wildman–Crippen LogP) is 3.11. The van der Waals surface area contributed by atoms with Gasteiger partial charge in [-0.2, -0.15) is 11.8 Å². The highest BCUT2D eigenvalue weighted by Crippen LogP contribution is 2.36. The van der Waals surface area contributed by atoms with Crippen LogP contribution in [0, 0.1) is 0 Å². The van der Waals surface area contributed by atoms with Gasteiger partial charge in [-0.05, 0) is 42.2 Å². The standard InChI is InChI=1S/C21H24N4O2S2/c1-28-10-9-16(22)21(27)24-12-13-7-8-15-17(11-13)25-18(20(23)26)19(15)29-14-5-3-2-4-6-14/h2-8,11,16,25H,9-10,12,22H2,1H3,(H2,23,26)(H,24,27). The quantitative estimate of drug-likeness (QED) is 0.418. The lowest BCUT2D eigenvalue weighted by atomic mass is 10.1. The zero-order chi connectivity index (χ0) is 20.8. The Morgan fingerprint density at radius 3 is 2.62 bits per heavy atom. The van der Waals surface area contributed by atoms with Gasteiger partial charge in [-0.15, -0.1) is 0 Å². The fourth-order valence-corrected chi connectivity index (χ4v) is 4.47. The SMILES string of the molecule is CSCCC(N)C(=O)NCc1ccc2c(Sc3ccccc3)c(C(N)=O)[nH]c2c1. The number of primary amides is 1. The van der Waals surface area contributed by atoms with Crippen molar-refractivity contribution in [1.82, 2.24) is 10.3 Å². The minimum Gasteiger partial charge on any atom is -0.364 e. The van der Waals surface area contributed by atoms with Gasteiger partial charge in [0.05, 0.1) is 10.9 Å². The van der Waals surface area contributed by atoms with Gasteiger partial charge in [-0.25, -0.2) is 0 Å². The van der Waals surface area contributed by atoms with Crippen LogP contribution in [0.1, 0.15) is 22.5 Å². The summed E-state index contributed by atoms with van der Waals surface area (Å²) >= 11 is 3.16. The van der Waals surface area contributed by atoms with E-state index in [0.717, 1.165) is 32.0 Å². The van der Waals surface area contributed by atoms with Gasteiger partial charge in [0.15, 0.2) is 0 Å². The molecule has 0 radical (unpaired) electrons. The number of nitrogens with one attached hydrogen (secondary N) is 2. The monoisotopic (exact) mass is 428 g/mol. The smallest absolute Gasteiger partial charge is 0.266 e. The lowest BCUT2D eigenvalue weighted by Crippen LogP contribution is -2.40. The van der Waals surface area contributed by atoms with Crippen LogP contribution < -0.4 is 16.8 Å². The van der Waals surface area contributed by atoms with Crippen LogP contribution in [0.25, 0.3) is 10.9 Å². The van der Waals surface area contributed by atoms with E-state index in [9.17, 15) is 9.59 Å². The van der Waals surface area contributed by atoms with E-state index in [0.29, 0.717) is 18.7 Å². The molecule has 6 N–H and O–H groups in total. The minimum absolute atomic E-state index is 0.163. The summed E-state index contributed by atoms with van der Waals surface area (Å²) in [6.07, 6.45) is 2.63. The number of hydrogen-bond acceptors (Lipinski definition) is 5. The van der Waals surface area contributed by atoms with Crippen LogP contribution >= 0.6 is 23.5 Å². The maximum atomic E-state index is 12.1. The molecular weight excluding hydrogens is 404 g/mol. The van der Waals surface area contributed by atoms with E-state index in [1.807, 2.05) is 54.8 Å². The van der Waals surface area contributed by atoms with Crippen LogP contribution in [-0.2, 0) is 11.3 Å². The molecule has 0 spiro atoms. The zero-order valence-corrected chi connectivity index (χ0v) is 17.7. The van der Waals surface area contributed by atoms with Gasteiger partial charge in [-0.3, -0.25) is 9.59 Å². The van der Waals surface area contributed by atoms with Gasteiger partial charge >= 0.3 is 0 Å². The van der Waals surface area contributed by atoms with E-state index in [2.05, 4.69) is 10.3 Å². The third-order valence-corrected chi connectivity index (χ3v) is 6.24. The molecule has 8 heteroatoms. The van der Waals surface area contributed by atoms with Crippen molar-refractivity contribution in [1.29, 1.82) is 0 Å². The van der Waals surface area contributed by atoms with E-state index in [1.54, 1.807) is 11.8 Å². The van der Waals surface area contributed by atoms with E-state index in [1.165, 1.54) is 11.8 Å². The van der Waals surface area contributed by atoms with Crippen molar-refractivity contribution in [2.45, 2.75) is 28.8 Å². The molecule has 6 nitrogen and oxygen atoms in total.